The van der Waals surface area contributed by atoms with Crippen LogP contribution in [0.2, 0.25) is 0 Å². The first-order chi connectivity index (χ1) is 10.8. The molecule has 114 valence electrons. The minimum Gasteiger partial charge on any atom is -0.394 e. The maximum absolute atomic E-state index is 10.2. The Morgan fingerprint density at radius 1 is 1.18 bits per heavy atom. The van der Waals surface area contributed by atoms with Crippen molar-refractivity contribution < 1.29 is 10.2 Å². The number of benzene rings is 1. The molecule has 3 rings (SSSR count). The number of anilines is 1. The fraction of sp³-hybridized carbons (Fsp3) is 0.267. The molecule has 0 unspecified atom stereocenters. The van der Waals surface area contributed by atoms with Gasteiger partial charge < -0.3 is 15.5 Å². The van der Waals surface area contributed by atoms with E-state index in [0.717, 1.165) is 10.9 Å². The van der Waals surface area contributed by atoms with Gasteiger partial charge in [0.05, 0.1) is 30.8 Å². The number of aromatic nitrogens is 4. The van der Waals surface area contributed by atoms with Crippen LogP contribution in [0.3, 0.4) is 0 Å². The Hall–Kier alpha value is -2.51. The van der Waals surface area contributed by atoms with Crippen molar-refractivity contribution in [3.05, 3.63) is 48.4 Å². The molecule has 0 fully saturated rings. The zero-order valence-corrected chi connectivity index (χ0v) is 11.9. The van der Waals surface area contributed by atoms with Crippen LogP contribution in [0.15, 0.2) is 42.9 Å². The van der Waals surface area contributed by atoms with Crippen LogP contribution in [0, 0.1) is 0 Å². The van der Waals surface area contributed by atoms with Gasteiger partial charge in [0.1, 0.15) is 12.1 Å². The summed E-state index contributed by atoms with van der Waals surface area (Å²) in [7, 11) is 0. The van der Waals surface area contributed by atoms with Crippen LogP contribution in [-0.4, -0.2) is 43.1 Å². The third-order valence-corrected chi connectivity index (χ3v) is 3.39. The molecule has 22 heavy (non-hydrogen) atoms. The van der Waals surface area contributed by atoms with Gasteiger partial charge in [-0.3, -0.25) is 0 Å². The van der Waals surface area contributed by atoms with Gasteiger partial charge >= 0.3 is 0 Å². The average molecular weight is 299 g/mol. The number of aliphatic hydroxyl groups excluding tert-OH is 2. The maximum atomic E-state index is 10.2. The second-order valence-electron chi connectivity index (χ2n) is 4.86. The molecule has 0 saturated heterocycles. The Morgan fingerprint density at radius 3 is 2.77 bits per heavy atom. The molecule has 2 aromatic heterocycles. The van der Waals surface area contributed by atoms with Crippen LogP contribution >= 0.6 is 0 Å². The van der Waals surface area contributed by atoms with E-state index in [0.29, 0.717) is 24.6 Å². The molecule has 0 radical (unpaired) electrons. The Morgan fingerprint density at radius 2 is 2.00 bits per heavy atom. The number of rotatable bonds is 6. The molecule has 0 aliphatic heterocycles. The highest BCUT2D eigenvalue weighted by molar-refractivity contribution is 5.86. The highest BCUT2D eigenvalue weighted by Crippen LogP contribution is 2.20. The first-order valence-corrected chi connectivity index (χ1v) is 7.04. The van der Waals surface area contributed by atoms with Crippen LogP contribution in [0.5, 0.6) is 0 Å². The summed E-state index contributed by atoms with van der Waals surface area (Å²) in [6, 6.07) is 9.44. The number of hydrogen-bond acceptors (Lipinski definition) is 6. The van der Waals surface area contributed by atoms with Crippen molar-refractivity contribution in [2.75, 3.05) is 18.5 Å². The molecular formula is C15H17N5O2. The zero-order chi connectivity index (χ0) is 15.4. The van der Waals surface area contributed by atoms with Gasteiger partial charge in [-0.05, 0) is 5.56 Å². The van der Waals surface area contributed by atoms with Crippen molar-refractivity contribution in [3.8, 4) is 0 Å². The Labute approximate surface area is 127 Å². The molecule has 3 aromatic rings. The number of aliphatic hydroxyl groups is 2. The van der Waals surface area contributed by atoms with Gasteiger partial charge in [0.2, 0.25) is 0 Å². The Kier molecular flexibility index (Phi) is 4.27. The highest BCUT2D eigenvalue weighted by Gasteiger charge is 2.11. The summed E-state index contributed by atoms with van der Waals surface area (Å²) in [5.74, 6) is 0.615. The standard InChI is InChI=1S/C15H17N5O2/c21-7-6-20-15-12(8-19-20)14(17-10-18-15)16-9-13(22)11-4-2-1-3-5-11/h1-5,8,10,13,21-22H,6-7,9H2,(H,16,17,18)/t13-/m0/s1. The SMILES string of the molecule is OCCn1ncc2c(NC[C@H](O)c3ccccc3)ncnc21. The van der Waals surface area contributed by atoms with E-state index in [2.05, 4.69) is 20.4 Å². The fourth-order valence-corrected chi connectivity index (χ4v) is 2.28. The third-order valence-electron chi connectivity index (χ3n) is 3.39. The van der Waals surface area contributed by atoms with Crippen molar-refractivity contribution in [2.45, 2.75) is 12.6 Å². The number of nitrogens with zero attached hydrogens (tertiary/aromatic N) is 4. The monoisotopic (exact) mass is 299 g/mol. The fourth-order valence-electron chi connectivity index (χ4n) is 2.28. The predicted octanol–water partition coefficient (Wildman–Crippen LogP) is 0.964. The molecule has 0 aliphatic rings. The van der Waals surface area contributed by atoms with Gasteiger partial charge in [-0.15, -0.1) is 0 Å². The smallest absolute Gasteiger partial charge is 0.163 e. The first kappa shape index (κ1) is 14.4. The first-order valence-electron chi connectivity index (χ1n) is 7.04. The minimum absolute atomic E-state index is 0.00370. The Balaban J connectivity index is 1.77. The second kappa shape index (κ2) is 6.50. The van der Waals surface area contributed by atoms with Crippen molar-refractivity contribution in [3.63, 3.8) is 0 Å². The maximum Gasteiger partial charge on any atom is 0.163 e. The predicted molar refractivity (Wildman–Crippen MR) is 82.3 cm³/mol. The molecule has 0 spiro atoms. The molecule has 3 N–H and O–H groups in total. The molecule has 2 heterocycles. The zero-order valence-electron chi connectivity index (χ0n) is 11.9. The summed E-state index contributed by atoms with van der Waals surface area (Å²) in [4.78, 5) is 8.38. The molecule has 0 aliphatic carbocycles. The molecule has 1 atom stereocenters. The lowest BCUT2D eigenvalue weighted by Gasteiger charge is -2.12. The molecule has 7 nitrogen and oxygen atoms in total. The number of hydrogen-bond donors (Lipinski definition) is 3. The molecule has 0 saturated carbocycles. The van der Waals surface area contributed by atoms with Crippen molar-refractivity contribution in [2.24, 2.45) is 0 Å². The van der Waals surface area contributed by atoms with Crippen LogP contribution in [0.4, 0.5) is 5.82 Å². The third kappa shape index (κ3) is 2.90. The Bertz CT molecular complexity index is 744. The summed E-state index contributed by atoms with van der Waals surface area (Å²) in [5, 5.41) is 27.3. The van der Waals surface area contributed by atoms with Gasteiger partial charge in [-0.2, -0.15) is 5.10 Å². The van der Waals surface area contributed by atoms with Gasteiger partial charge in [0.25, 0.3) is 0 Å². The van der Waals surface area contributed by atoms with Crippen molar-refractivity contribution in [1.82, 2.24) is 19.7 Å². The highest BCUT2D eigenvalue weighted by atomic mass is 16.3. The topological polar surface area (TPSA) is 96.1 Å². The van der Waals surface area contributed by atoms with Gasteiger partial charge in [0.15, 0.2) is 5.65 Å². The lowest BCUT2D eigenvalue weighted by Crippen LogP contribution is -2.13. The van der Waals surface area contributed by atoms with E-state index in [-0.39, 0.29) is 6.61 Å². The van der Waals surface area contributed by atoms with Gasteiger partial charge in [-0.25, -0.2) is 14.6 Å². The summed E-state index contributed by atoms with van der Waals surface area (Å²) in [6.07, 6.45) is 2.47. The summed E-state index contributed by atoms with van der Waals surface area (Å²) >= 11 is 0. The van der Waals surface area contributed by atoms with Crippen LogP contribution < -0.4 is 5.32 Å². The van der Waals surface area contributed by atoms with Crippen LogP contribution in [0.25, 0.3) is 11.0 Å². The second-order valence-corrected chi connectivity index (χ2v) is 4.86. The lowest BCUT2D eigenvalue weighted by atomic mass is 10.1. The quantitative estimate of drug-likeness (QED) is 0.627. The van der Waals surface area contributed by atoms with E-state index in [9.17, 15) is 5.11 Å². The normalized spacial score (nSPS) is 12.5. The van der Waals surface area contributed by atoms with E-state index in [1.54, 1.807) is 10.9 Å². The molecular weight excluding hydrogens is 282 g/mol. The molecule has 7 heteroatoms. The minimum atomic E-state index is -0.626. The lowest BCUT2D eigenvalue weighted by molar-refractivity contribution is 0.191. The summed E-state index contributed by atoms with van der Waals surface area (Å²) in [6.45, 7) is 0.712. The molecule has 1 aromatic carbocycles. The van der Waals surface area contributed by atoms with E-state index < -0.39 is 6.10 Å². The average Bonchev–Trinajstić information content (AvgIpc) is 2.97. The number of fused-ring (bicyclic) bond motifs is 1. The van der Waals surface area contributed by atoms with E-state index in [1.165, 1.54) is 6.33 Å². The van der Waals surface area contributed by atoms with Gasteiger partial charge in [-0.1, -0.05) is 30.3 Å². The van der Waals surface area contributed by atoms with Gasteiger partial charge in [0, 0.05) is 6.54 Å². The summed E-state index contributed by atoms with van der Waals surface area (Å²) in [5.41, 5.74) is 1.50. The van der Waals surface area contributed by atoms with Crippen molar-refractivity contribution >= 4 is 16.9 Å². The summed E-state index contributed by atoms with van der Waals surface area (Å²) < 4.78 is 1.62. The largest absolute Gasteiger partial charge is 0.394 e. The van der Waals surface area contributed by atoms with E-state index in [4.69, 9.17) is 5.11 Å². The number of nitrogens with one attached hydrogen (secondary N) is 1. The van der Waals surface area contributed by atoms with E-state index >= 15 is 0 Å². The van der Waals surface area contributed by atoms with E-state index in [1.807, 2.05) is 30.3 Å². The van der Waals surface area contributed by atoms with Crippen molar-refractivity contribution in [1.29, 1.82) is 0 Å². The molecule has 0 amide bonds. The van der Waals surface area contributed by atoms with Crippen LogP contribution in [0.1, 0.15) is 11.7 Å². The molecule has 0 bridgehead atoms. The van der Waals surface area contributed by atoms with Crippen LogP contribution in [-0.2, 0) is 6.54 Å².